The zero-order valence-electron chi connectivity index (χ0n) is 9.16. The topological polar surface area (TPSA) is 47.6 Å². The fraction of sp³-hybridized carbons (Fsp3) is 0.417. The molecule has 3 rings (SSSR count). The molecule has 1 fully saturated rings. The van der Waals surface area contributed by atoms with Gasteiger partial charge in [0.1, 0.15) is 0 Å². The summed E-state index contributed by atoms with van der Waals surface area (Å²) in [4.78, 5) is 12.0. The number of ether oxygens (including phenoxy) is 2. The Morgan fingerprint density at radius 2 is 2.12 bits per heavy atom. The van der Waals surface area contributed by atoms with Gasteiger partial charge in [-0.3, -0.25) is 4.79 Å². The summed E-state index contributed by atoms with van der Waals surface area (Å²) in [6.45, 7) is 0.228. The Kier molecular flexibility index (Phi) is 2.50. The number of rotatable bonds is 3. The Hall–Kier alpha value is -1.23. The molecule has 0 atom stereocenters. The lowest BCUT2D eigenvalue weighted by atomic mass is 10.1. The maximum absolute atomic E-state index is 12.0. The van der Waals surface area contributed by atoms with E-state index in [1.807, 2.05) is 0 Å². The van der Waals surface area contributed by atoms with E-state index in [1.54, 1.807) is 18.2 Å². The lowest BCUT2D eigenvalue weighted by Gasteiger charge is -2.14. The van der Waals surface area contributed by atoms with Gasteiger partial charge in [0.15, 0.2) is 11.5 Å². The molecular weight excluding hydrogens is 286 g/mol. The molecule has 1 amide bonds. The van der Waals surface area contributed by atoms with Crippen LogP contribution in [0.5, 0.6) is 11.5 Å². The van der Waals surface area contributed by atoms with Crippen LogP contribution in [0.25, 0.3) is 0 Å². The van der Waals surface area contributed by atoms with Crippen molar-refractivity contribution in [2.24, 2.45) is 0 Å². The number of hydrogen-bond donors (Lipinski definition) is 1. The molecule has 0 unspecified atom stereocenters. The third-order valence-electron chi connectivity index (χ3n) is 3.12. The predicted octanol–water partition coefficient (Wildman–Crippen LogP) is 2.07. The molecule has 5 heteroatoms. The van der Waals surface area contributed by atoms with Crippen molar-refractivity contribution in [2.75, 3.05) is 12.1 Å². The first-order valence-corrected chi connectivity index (χ1v) is 6.63. The van der Waals surface area contributed by atoms with Crippen molar-refractivity contribution in [1.82, 2.24) is 5.32 Å². The van der Waals surface area contributed by atoms with Gasteiger partial charge >= 0.3 is 0 Å². The molecule has 0 radical (unpaired) electrons. The molecular formula is C12H12BrNO3. The third-order valence-corrected chi connectivity index (χ3v) is 4.20. The van der Waals surface area contributed by atoms with E-state index in [0.717, 1.165) is 18.2 Å². The highest BCUT2D eigenvalue weighted by Crippen LogP contribution is 2.38. The summed E-state index contributed by atoms with van der Waals surface area (Å²) in [5.41, 5.74) is 0.578. The van der Waals surface area contributed by atoms with Crippen molar-refractivity contribution in [3.8, 4) is 11.5 Å². The summed E-state index contributed by atoms with van der Waals surface area (Å²) in [5.74, 6) is 1.28. The second kappa shape index (κ2) is 3.91. The standard InChI is InChI=1S/C12H12BrNO3/c13-6-12(3-4-12)14-11(15)8-1-2-9-10(5-8)17-7-16-9/h1-2,5H,3-4,6-7H2,(H,14,15). The molecule has 0 saturated heterocycles. The van der Waals surface area contributed by atoms with Crippen LogP contribution >= 0.6 is 15.9 Å². The van der Waals surface area contributed by atoms with Gasteiger partial charge in [0.25, 0.3) is 5.91 Å². The molecule has 0 bridgehead atoms. The largest absolute Gasteiger partial charge is 0.454 e. The number of fused-ring (bicyclic) bond motifs is 1. The zero-order chi connectivity index (χ0) is 11.9. The van der Waals surface area contributed by atoms with Crippen molar-refractivity contribution in [3.05, 3.63) is 23.8 Å². The number of alkyl halides is 1. The Morgan fingerprint density at radius 3 is 2.82 bits per heavy atom. The number of nitrogens with one attached hydrogen (secondary N) is 1. The van der Waals surface area contributed by atoms with Crippen LogP contribution < -0.4 is 14.8 Å². The average molecular weight is 298 g/mol. The minimum Gasteiger partial charge on any atom is -0.454 e. The minimum absolute atomic E-state index is 0.0343. The average Bonchev–Trinajstić information content (AvgIpc) is 2.96. The first-order chi connectivity index (χ1) is 8.22. The molecule has 4 nitrogen and oxygen atoms in total. The fourth-order valence-electron chi connectivity index (χ4n) is 1.79. The van der Waals surface area contributed by atoms with Gasteiger partial charge in [-0.2, -0.15) is 0 Å². The number of carbonyl (C=O) groups is 1. The normalized spacial score (nSPS) is 18.9. The SMILES string of the molecule is O=C(NC1(CBr)CC1)c1ccc2c(c1)OCO2. The summed E-state index contributed by atoms with van der Waals surface area (Å²) in [6, 6.07) is 5.25. The monoisotopic (exact) mass is 297 g/mol. The summed E-state index contributed by atoms with van der Waals surface area (Å²) < 4.78 is 10.5. The van der Waals surface area contributed by atoms with Crippen molar-refractivity contribution in [1.29, 1.82) is 0 Å². The Labute approximate surface area is 107 Å². The maximum atomic E-state index is 12.0. The summed E-state index contributed by atoms with van der Waals surface area (Å²) in [6.07, 6.45) is 2.07. The van der Waals surface area contributed by atoms with Gasteiger partial charge < -0.3 is 14.8 Å². The molecule has 1 saturated carbocycles. The van der Waals surface area contributed by atoms with E-state index in [-0.39, 0.29) is 18.2 Å². The van der Waals surface area contributed by atoms with E-state index in [0.29, 0.717) is 17.1 Å². The van der Waals surface area contributed by atoms with E-state index in [9.17, 15) is 4.79 Å². The molecule has 1 heterocycles. The van der Waals surface area contributed by atoms with E-state index in [1.165, 1.54) is 0 Å². The molecule has 1 aliphatic carbocycles. The van der Waals surface area contributed by atoms with Crippen LogP contribution in [0.4, 0.5) is 0 Å². The van der Waals surface area contributed by atoms with Gasteiger partial charge in [-0.05, 0) is 31.0 Å². The van der Waals surface area contributed by atoms with E-state index in [4.69, 9.17) is 9.47 Å². The first kappa shape index (κ1) is 10.9. The van der Waals surface area contributed by atoms with E-state index < -0.39 is 0 Å². The van der Waals surface area contributed by atoms with Crippen LogP contribution in [0, 0.1) is 0 Å². The smallest absolute Gasteiger partial charge is 0.251 e. The Balaban J connectivity index is 1.78. The summed E-state index contributed by atoms with van der Waals surface area (Å²) in [7, 11) is 0. The predicted molar refractivity (Wildman–Crippen MR) is 65.8 cm³/mol. The quantitative estimate of drug-likeness (QED) is 0.869. The van der Waals surface area contributed by atoms with Crippen LogP contribution in [-0.2, 0) is 0 Å². The van der Waals surface area contributed by atoms with Crippen molar-refractivity contribution >= 4 is 21.8 Å². The lowest BCUT2D eigenvalue weighted by molar-refractivity contribution is 0.0936. The molecule has 1 aromatic rings. The second-order valence-corrected chi connectivity index (χ2v) is 5.00. The second-order valence-electron chi connectivity index (χ2n) is 4.44. The summed E-state index contributed by atoms with van der Waals surface area (Å²) in [5, 5.41) is 3.84. The Morgan fingerprint density at radius 1 is 1.35 bits per heavy atom. The number of benzene rings is 1. The van der Waals surface area contributed by atoms with Crippen LogP contribution in [-0.4, -0.2) is 23.6 Å². The van der Waals surface area contributed by atoms with Crippen LogP contribution in [0.2, 0.25) is 0 Å². The van der Waals surface area contributed by atoms with Crippen molar-refractivity contribution < 1.29 is 14.3 Å². The Bertz CT molecular complexity index is 471. The minimum atomic E-state index is -0.0553. The lowest BCUT2D eigenvalue weighted by Crippen LogP contribution is -2.38. The van der Waals surface area contributed by atoms with Gasteiger partial charge in [0.05, 0.1) is 5.54 Å². The molecule has 0 aromatic heterocycles. The molecule has 0 spiro atoms. The summed E-state index contributed by atoms with van der Waals surface area (Å²) >= 11 is 3.42. The highest BCUT2D eigenvalue weighted by atomic mass is 79.9. The van der Waals surface area contributed by atoms with Crippen LogP contribution in [0.3, 0.4) is 0 Å². The number of carbonyl (C=O) groups excluding carboxylic acids is 1. The third kappa shape index (κ3) is 1.99. The van der Waals surface area contributed by atoms with Crippen LogP contribution in [0.15, 0.2) is 18.2 Å². The van der Waals surface area contributed by atoms with Gasteiger partial charge in [0, 0.05) is 10.9 Å². The van der Waals surface area contributed by atoms with Crippen molar-refractivity contribution in [3.63, 3.8) is 0 Å². The van der Waals surface area contributed by atoms with Gasteiger partial charge in [-0.1, -0.05) is 15.9 Å². The van der Waals surface area contributed by atoms with E-state index in [2.05, 4.69) is 21.2 Å². The van der Waals surface area contributed by atoms with Gasteiger partial charge in [-0.15, -0.1) is 0 Å². The van der Waals surface area contributed by atoms with E-state index >= 15 is 0 Å². The number of hydrogen-bond acceptors (Lipinski definition) is 3. The van der Waals surface area contributed by atoms with Gasteiger partial charge in [0.2, 0.25) is 6.79 Å². The maximum Gasteiger partial charge on any atom is 0.251 e. The van der Waals surface area contributed by atoms with Crippen LogP contribution in [0.1, 0.15) is 23.2 Å². The fourth-order valence-corrected chi connectivity index (χ4v) is 2.49. The molecule has 1 aromatic carbocycles. The molecule has 1 N–H and O–H groups in total. The highest BCUT2D eigenvalue weighted by Gasteiger charge is 2.43. The van der Waals surface area contributed by atoms with Gasteiger partial charge in [-0.25, -0.2) is 0 Å². The highest BCUT2D eigenvalue weighted by molar-refractivity contribution is 9.09. The molecule has 2 aliphatic rings. The van der Waals surface area contributed by atoms with Crippen molar-refractivity contribution in [2.45, 2.75) is 18.4 Å². The molecule has 17 heavy (non-hydrogen) atoms. The number of amides is 1. The first-order valence-electron chi connectivity index (χ1n) is 5.51. The molecule has 1 aliphatic heterocycles. The molecule has 90 valence electrons. The zero-order valence-corrected chi connectivity index (χ0v) is 10.7. The number of halogens is 1.